The van der Waals surface area contributed by atoms with Crippen molar-refractivity contribution in [2.24, 2.45) is 5.73 Å². The van der Waals surface area contributed by atoms with E-state index in [-0.39, 0.29) is 6.04 Å². The number of hydrogen-bond acceptors (Lipinski definition) is 6. The van der Waals surface area contributed by atoms with Crippen molar-refractivity contribution in [2.75, 3.05) is 11.6 Å². The molecule has 0 spiro atoms. The Hall–Kier alpha value is -2.46. The zero-order chi connectivity index (χ0) is 14.1. The van der Waals surface area contributed by atoms with Crippen LogP contribution in [0, 0.1) is 11.3 Å². The summed E-state index contributed by atoms with van der Waals surface area (Å²) in [6.45, 7) is 0. The minimum Gasteiger partial charge on any atom is -0.384 e. The van der Waals surface area contributed by atoms with E-state index in [2.05, 4.69) is 21.5 Å². The number of aromatic nitrogens is 3. The molecule has 1 aliphatic rings. The van der Waals surface area contributed by atoms with Gasteiger partial charge in [0.25, 0.3) is 0 Å². The predicted molar refractivity (Wildman–Crippen MR) is 76.8 cm³/mol. The van der Waals surface area contributed by atoms with Gasteiger partial charge in [0.15, 0.2) is 0 Å². The number of benzene rings is 1. The summed E-state index contributed by atoms with van der Waals surface area (Å²) in [4.78, 5) is 4.34. The Kier molecular flexibility index (Phi) is 3.08. The minimum atomic E-state index is -0.342. The van der Waals surface area contributed by atoms with Gasteiger partial charge in [0.05, 0.1) is 5.57 Å². The van der Waals surface area contributed by atoms with Crippen molar-refractivity contribution in [3.8, 4) is 6.07 Å². The van der Waals surface area contributed by atoms with Crippen molar-refractivity contribution in [2.45, 2.75) is 11.2 Å². The third-order valence-corrected chi connectivity index (χ3v) is 3.62. The number of thioether (sulfide) groups is 1. The fraction of sp³-hybridized carbons (Fsp3) is 0.154. The smallest absolute Gasteiger partial charge is 0.228 e. The first-order chi connectivity index (χ1) is 9.74. The summed E-state index contributed by atoms with van der Waals surface area (Å²) in [6, 6.07) is 11.5. The van der Waals surface area contributed by atoms with E-state index in [4.69, 9.17) is 5.73 Å². The molecule has 3 rings (SSSR count). The highest BCUT2D eigenvalue weighted by Gasteiger charge is 2.30. The summed E-state index contributed by atoms with van der Waals surface area (Å²) in [5.74, 6) is 0.883. The van der Waals surface area contributed by atoms with Crippen LogP contribution in [0.3, 0.4) is 0 Å². The maximum Gasteiger partial charge on any atom is 0.228 e. The van der Waals surface area contributed by atoms with Gasteiger partial charge in [0.1, 0.15) is 17.9 Å². The lowest BCUT2D eigenvalue weighted by Gasteiger charge is -2.25. The van der Waals surface area contributed by atoms with Crippen LogP contribution in [0.4, 0.5) is 5.95 Å². The summed E-state index contributed by atoms with van der Waals surface area (Å²) in [5, 5.41) is 17.4. The number of nitrogens with two attached hydrogens (primary N) is 1. The Morgan fingerprint density at radius 1 is 1.40 bits per heavy atom. The van der Waals surface area contributed by atoms with Gasteiger partial charge in [-0.3, -0.25) is 0 Å². The molecule has 20 heavy (non-hydrogen) atoms. The topological polar surface area (TPSA) is 92.5 Å². The van der Waals surface area contributed by atoms with Crippen LogP contribution >= 0.6 is 11.8 Å². The molecule has 0 radical (unpaired) electrons. The van der Waals surface area contributed by atoms with Crippen LogP contribution < -0.4 is 11.1 Å². The highest BCUT2D eigenvalue weighted by atomic mass is 32.2. The molecule has 0 saturated carbocycles. The van der Waals surface area contributed by atoms with E-state index < -0.39 is 0 Å². The van der Waals surface area contributed by atoms with Crippen LogP contribution in [0.15, 0.2) is 46.9 Å². The van der Waals surface area contributed by atoms with Gasteiger partial charge in [-0.25, -0.2) is 4.68 Å². The molecule has 3 N–H and O–H groups in total. The monoisotopic (exact) mass is 284 g/mol. The van der Waals surface area contributed by atoms with E-state index in [0.717, 1.165) is 5.56 Å². The molecule has 2 aromatic rings. The standard InChI is InChI=1S/C13H12N6S/c1-20-13-17-12-16-11(15)9(7-14)10(19(12)18-13)8-5-3-2-4-6-8/h2-6,10H,15H2,1H3,(H,16,17,18). The van der Waals surface area contributed by atoms with E-state index in [1.54, 1.807) is 4.68 Å². The fourth-order valence-corrected chi connectivity index (χ4v) is 2.52. The van der Waals surface area contributed by atoms with Gasteiger partial charge in [-0.05, 0) is 11.8 Å². The Balaban J connectivity index is 2.19. The van der Waals surface area contributed by atoms with Crippen molar-refractivity contribution >= 4 is 17.7 Å². The molecule has 0 bridgehead atoms. The third-order valence-electron chi connectivity index (χ3n) is 3.08. The van der Waals surface area contributed by atoms with Crippen LogP contribution in [-0.2, 0) is 0 Å². The summed E-state index contributed by atoms with van der Waals surface area (Å²) in [5.41, 5.74) is 7.34. The van der Waals surface area contributed by atoms with Gasteiger partial charge in [-0.15, -0.1) is 5.10 Å². The molecule has 1 aromatic carbocycles. The molecule has 1 unspecified atom stereocenters. The minimum absolute atomic E-state index is 0.328. The molecular formula is C13H12N6S. The Morgan fingerprint density at radius 2 is 2.15 bits per heavy atom. The van der Waals surface area contributed by atoms with Crippen LogP contribution in [0.1, 0.15) is 11.6 Å². The molecule has 7 heteroatoms. The average Bonchev–Trinajstić information content (AvgIpc) is 2.89. The number of nitriles is 1. The lowest BCUT2D eigenvalue weighted by molar-refractivity contribution is 0.574. The van der Waals surface area contributed by atoms with Crippen LogP contribution in [0.25, 0.3) is 0 Å². The molecule has 0 aliphatic carbocycles. The van der Waals surface area contributed by atoms with Crippen LogP contribution in [0.2, 0.25) is 0 Å². The Morgan fingerprint density at radius 3 is 2.80 bits per heavy atom. The molecule has 0 fully saturated rings. The van der Waals surface area contributed by atoms with Gasteiger partial charge < -0.3 is 11.1 Å². The van der Waals surface area contributed by atoms with Crippen molar-refractivity contribution in [3.63, 3.8) is 0 Å². The molecule has 1 aromatic heterocycles. The van der Waals surface area contributed by atoms with E-state index in [0.29, 0.717) is 22.5 Å². The van der Waals surface area contributed by atoms with E-state index in [1.807, 2.05) is 36.6 Å². The largest absolute Gasteiger partial charge is 0.384 e. The summed E-state index contributed by atoms with van der Waals surface area (Å²) in [7, 11) is 0. The molecule has 0 saturated heterocycles. The normalized spacial score (nSPS) is 17.3. The summed E-state index contributed by atoms with van der Waals surface area (Å²) >= 11 is 1.44. The summed E-state index contributed by atoms with van der Waals surface area (Å²) in [6.07, 6.45) is 1.90. The van der Waals surface area contributed by atoms with Crippen molar-refractivity contribution < 1.29 is 0 Å². The summed E-state index contributed by atoms with van der Waals surface area (Å²) < 4.78 is 1.70. The number of allylic oxidation sites excluding steroid dienone is 1. The second-order valence-corrected chi connectivity index (χ2v) is 5.02. The number of nitrogens with zero attached hydrogens (tertiary/aromatic N) is 4. The van der Waals surface area contributed by atoms with Gasteiger partial charge >= 0.3 is 0 Å². The number of nitrogens with one attached hydrogen (secondary N) is 1. The molecule has 100 valence electrons. The first-order valence-corrected chi connectivity index (χ1v) is 7.19. The molecule has 2 heterocycles. The molecular weight excluding hydrogens is 272 g/mol. The first-order valence-electron chi connectivity index (χ1n) is 5.97. The van der Waals surface area contributed by atoms with Gasteiger partial charge in [0, 0.05) is 0 Å². The Labute approximate surface area is 120 Å². The average molecular weight is 284 g/mol. The van der Waals surface area contributed by atoms with Gasteiger partial charge in [-0.2, -0.15) is 10.2 Å². The lowest BCUT2D eigenvalue weighted by Crippen LogP contribution is -2.28. The number of fused-ring (bicyclic) bond motifs is 1. The number of rotatable bonds is 2. The van der Waals surface area contributed by atoms with Crippen molar-refractivity contribution in [3.05, 3.63) is 47.3 Å². The zero-order valence-electron chi connectivity index (χ0n) is 10.7. The van der Waals surface area contributed by atoms with Gasteiger partial charge in [-0.1, -0.05) is 42.1 Å². The lowest BCUT2D eigenvalue weighted by atomic mass is 9.98. The molecule has 1 atom stereocenters. The highest BCUT2D eigenvalue weighted by molar-refractivity contribution is 7.98. The fourth-order valence-electron chi connectivity index (χ4n) is 2.18. The molecule has 6 nitrogen and oxygen atoms in total. The predicted octanol–water partition coefficient (Wildman–Crippen LogP) is 1.71. The first kappa shape index (κ1) is 12.6. The number of hydrogen-bond donors (Lipinski definition) is 2. The van der Waals surface area contributed by atoms with Crippen LogP contribution in [-0.4, -0.2) is 21.0 Å². The van der Waals surface area contributed by atoms with E-state index >= 15 is 0 Å². The maximum absolute atomic E-state index is 9.39. The zero-order valence-corrected chi connectivity index (χ0v) is 11.6. The van der Waals surface area contributed by atoms with Crippen LogP contribution in [0.5, 0.6) is 0 Å². The van der Waals surface area contributed by atoms with Crippen molar-refractivity contribution in [1.29, 1.82) is 5.26 Å². The third kappa shape index (κ3) is 1.90. The SMILES string of the molecule is CSc1nc2n(n1)C(c1ccccc1)C(C#N)=C(N)N2. The van der Waals surface area contributed by atoms with E-state index in [1.165, 1.54) is 11.8 Å². The second-order valence-electron chi connectivity index (χ2n) is 4.24. The Bertz CT molecular complexity index is 712. The highest BCUT2D eigenvalue weighted by Crippen LogP contribution is 2.33. The maximum atomic E-state index is 9.39. The van der Waals surface area contributed by atoms with Gasteiger partial charge in [0.2, 0.25) is 11.1 Å². The van der Waals surface area contributed by atoms with E-state index in [9.17, 15) is 5.26 Å². The quantitative estimate of drug-likeness (QED) is 0.816. The van der Waals surface area contributed by atoms with Crippen molar-refractivity contribution in [1.82, 2.24) is 14.8 Å². The second kappa shape index (κ2) is 4.90. The molecule has 0 amide bonds. The molecule has 1 aliphatic heterocycles. The number of anilines is 1.